The van der Waals surface area contributed by atoms with E-state index in [0.29, 0.717) is 6.04 Å². The highest BCUT2D eigenvalue weighted by Gasteiger charge is 2.25. The summed E-state index contributed by atoms with van der Waals surface area (Å²) in [5.74, 6) is 0. The van der Waals surface area contributed by atoms with E-state index >= 15 is 0 Å². The Labute approximate surface area is 99.5 Å². The molecule has 0 aromatic carbocycles. The van der Waals surface area contributed by atoms with Gasteiger partial charge in [0.2, 0.25) is 0 Å². The maximum atomic E-state index is 3.80. The molecule has 15 heavy (non-hydrogen) atoms. The van der Waals surface area contributed by atoms with E-state index in [2.05, 4.69) is 34.6 Å². The standard InChI is InChI=1S/C11H16N2S2/c1-3-6-13-8-10(12-4-2)9-5-7-14-11(9)15-13/h3,5,7,10,12H,1,4,6,8H2,2H3. The molecule has 2 nitrogen and oxygen atoms in total. The van der Waals surface area contributed by atoms with Crippen molar-refractivity contribution < 1.29 is 0 Å². The SMILES string of the molecule is C=CCN1CC(NCC)c2ccsc2S1. The number of nitrogens with zero attached hydrogens (tertiary/aromatic N) is 1. The summed E-state index contributed by atoms with van der Waals surface area (Å²) in [6.45, 7) is 8.99. The Hall–Kier alpha value is -0.290. The van der Waals surface area contributed by atoms with Gasteiger partial charge in [-0.2, -0.15) is 0 Å². The summed E-state index contributed by atoms with van der Waals surface area (Å²) in [7, 11) is 0. The van der Waals surface area contributed by atoms with Crippen LogP contribution in [0, 0.1) is 0 Å². The van der Waals surface area contributed by atoms with Crippen molar-refractivity contribution in [3.63, 3.8) is 0 Å². The number of hydrogen-bond donors (Lipinski definition) is 1. The van der Waals surface area contributed by atoms with E-state index < -0.39 is 0 Å². The Morgan fingerprint density at radius 2 is 2.60 bits per heavy atom. The summed E-state index contributed by atoms with van der Waals surface area (Å²) >= 11 is 3.69. The van der Waals surface area contributed by atoms with Crippen molar-refractivity contribution in [2.24, 2.45) is 0 Å². The van der Waals surface area contributed by atoms with Crippen LogP contribution in [0.25, 0.3) is 0 Å². The molecular weight excluding hydrogens is 224 g/mol. The van der Waals surface area contributed by atoms with Crippen LogP contribution in [0.2, 0.25) is 0 Å². The van der Waals surface area contributed by atoms with Crippen LogP contribution >= 0.6 is 23.3 Å². The molecular formula is C11H16N2S2. The van der Waals surface area contributed by atoms with Crippen molar-refractivity contribution in [3.05, 3.63) is 29.7 Å². The number of nitrogens with one attached hydrogen (secondary N) is 1. The zero-order chi connectivity index (χ0) is 10.7. The average Bonchev–Trinajstić information content (AvgIpc) is 2.67. The number of rotatable bonds is 4. The Balaban J connectivity index is 2.15. The monoisotopic (exact) mass is 240 g/mol. The van der Waals surface area contributed by atoms with Crippen LogP contribution in [0.5, 0.6) is 0 Å². The summed E-state index contributed by atoms with van der Waals surface area (Å²) in [6, 6.07) is 2.73. The van der Waals surface area contributed by atoms with E-state index in [0.717, 1.165) is 19.6 Å². The van der Waals surface area contributed by atoms with Crippen LogP contribution in [0.1, 0.15) is 18.5 Å². The molecule has 1 aliphatic heterocycles. The highest BCUT2D eigenvalue weighted by Crippen LogP contribution is 2.40. The van der Waals surface area contributed by atoms with Crippen molar-refractivity contribution in [2.75, 3.05) is 19.6 Å². The predicted molar refractivity (Wildman–Crippen MR) is 68.4 cm³/mol. The molecule has 1 aromatic heterocycles. The summed E-state index contributed by atoms with van der Waals surface area (Å²) < 4.78 is 3.79. The fraction of sp³-hybridized carbons (Fsp3) is 0.455. The maximum absolute atomic E-state index is 3.80. The van der Waals surface area contributed by atoms with Crippen LogP contribution in [0.3, 0.4) is 0 Å². The molecule has 0 aliphatic carbocycles. The molecule has 2 rings (SSSR count). The predicted octanol–water partition coefficient (Wildman–Crippen LogP) is 2.91. The van der Waals surface area contributed by atoms with E-state index in [4.69, 9.17) is 0 Å². The van der Waals surface area contributed by atoms with Gasteiger partial charge < -0.3 is 5.32 Å². The van der Waals surface area contributed by atoms with Crippen molar-refractivity contribution in [2.45, 2.75) is 17.2 Å². The van der Waals surface area contributed by atoms with E-state index in [9.17, 15) is 0 Å². The minimum atomic E-state index is 0.484. The van der Waals surface area contributed by atoms with Crippen LogP contribution < -0.4 is 5.32 Å². The highest BCUT2D eigenvalue weighted by atomic mass is 32.2. The molecule has 0 amide bonds. The maximum Gasteiger partial charge on any atom is 0.0801 e. The normalized spacial score (nSPS) is 21.3. The van der Waals surface area contributed by atoms with Crippen molar-refractivity contribution >= 4 is 23.3 Å². The highest BCUT2D eigenvalue weighted by molar-refractivity contribution is 7.99. The minimum Gasteiger partial charge on any atom is -0.309 e. The van der Waals surface area contributed by atoms with E-state index in [-0.39, 0.29) is 0 Å². The van der Waals surface area contributed by atoms with Crippen molar-refractivity contribution in [1.29, 1.82) is 0 Å². The molecule has 1 aromatic rings. The number of hydrogen-bond acceptors (Lipinski definition) is 4. The molecule has 0 saturated carbocycles. The van der Waals surface area contributed by atoms with Gasteiger partial charge in [-0.3, -0.25) is 0 Å². The second-order valence-corrected chi connectivity index (χ2v) is 5.78. The topological polar surface area (TPSA) is 15.3 Å². The summed E-state index contributed by atoms with van der Waals surface area (Å²) in [6.07, 6.45) is 1.97. The van der Waals surface area contributed by atoms with Gasteiger partial charge in [0.15, 0.2) is 0 Å². The van der Waals surface area contributed by atoms with Gasteiger partial charge in [-0.15, -0.1) is 17.9 Å². The van der Waals surface area contributed by atoms with Gasteiger partial charge in [0.25, 0.3) is 0 Å². The quantitative estimate of drug-likeness (QED) is 0.643. The van der Waals surface area contributed by atoms with E-state index in [1.165, 1.54) is 9.77 Å². The zero-order valence-electron chi connectivity index (χ0n) is 8.90. The van der Waals surface area contributed by atoms with Gasteiger partial charge in [-0.25, -0.2) is 4.31 Å². The third-order valence-corrected chi connectivity index (χ3v) is 4.61. The average molecular weight is 240 g/mol. The molecule has 0 radical (unpaired) electrons. The fourth-order valence-corrected chi connectivity index (χ4v) is 4.06. The summed E-state index contributed by atoms with van der Waals surface area (Å²) in [4.78, 5) is 0. The molecule has 2 heterocycles. The Morgan fingerprint density at radius 3 is 3.33 bits per heavy atom. The molecule has 1 N–H and O–H groups in total. The summed E-state index contributed by atoms with van der Waals surface area (Å²) in [5, 5.41) is 5.71. The number of thiophene rings is 1. The molecule has 0 fully saturated rings. The van der Waals surface area contributed by atoms with Crippen LogP contribution in [-0.2, 0) is 0 Å². The molecule has 0 bridgehead atoms. The Morgan fingerprint density at radius 1 is 1.73 bits per heavy atom. The zero-order valence-corrected chi connectivity index (χ0v) is 10.5. The molecule has 1 aliphatic rings. The molecule has 0 saturated heterocycles. The van der Waals surface area contributed by atoms with Gasteiger partial charge in [-0.05, 0) is 35.5 Å². The minimum absolute atomic E-state index is 0.484. The largest absolute Gasteiger partial charge is 0.309 e. The van der Waals surface area contributed by atoms with Gasteiger partial charge in [0, 0.05) is 19.1 Å². The second-order valence-electron chi connectivity index (χ2n) is 3.50. The second kappa shape index (κ2) is 5.16. The van der Waals surface area contributed by atoms with E-state index in [1.54, 1.807) is 0 Å². The lowest BCUT2D eigenvalue weighted by molar-refractivity contribution is 0.404. The van der Waals surface area contributed by atoms with Crippen LogP contribution in [0.15, 0.2) is 28.3 Å². The molecule has 0 spiro atoms. The number of likely N-dealkylation sites (N-methyl/N-ethyl adjacent to an activating group) is 1. The van der Waals surface area contributed by atoms with Gasteiger partial charge in [0.05, 0.1) is 4.21 Å². The van der Waals surface area contributed by atoms with Gasteiger partial charge >= 0.3 is 0 Å². The van der Waals surface area contributed by atoms with Crippen molar-refractivity contribution in [1.82, 2.24) is 9.62 Å². The first-order valence-electron chi connectivity index (χ1n) is 5.19. The fourth-order valence-electron chi connectivity index (χ4n) is 1.77. The van der Waals surface area contributed by atoms with Gasteiger partial charge in [-0.1, -0.05) is 13.0 Å². The van der Waals surface area contributed by atoms with Crippen LogP contribution in [-0.4, -0.2) is 23.9 Å². The molecule has 1 unspecified atom stereocenters. The van der Waals surface area contributed by atoms with E-state index in [1.807, 2.05) is 29.4 Å². The third kappa shape index (κ3) is 2.45. The van der Waals surface area contributed by atoms with Crippen molar-refractivity contribution in [3.8, 4) is 0 Å². The molecule has 82 valence electrons. The Kier molecular flexibility index (Phi) is 3.86. The van der Waals surface area contributed by atoms with Gasteiger partial charge in [0.1, 0.15) is 0 Å². The first-order valence-corrected chi connectivity index (χ1v) is 6.85. The van der Waals surface area contributed by atoms with Crippen LogP contribution in [0.4, 0.5) is 0 Å². The lowest BCUT2D eigenvalue weighted by Crippen LogP contribution is -2.34. The first-order chi connectivity index (χ1) is 7.35. The first kappa shape index (κ1) is 11.2. The number of fused-ring (bicyclic) bond motifs is 1. The lowest BCUT2D eigenvalue weighted by Gasteiger charge is -2.31. The lowest BCUT2D eigenvalue weighted by atomic mass is 10.1. The smallest absolute Gasteiger partial charge is 0.0801 e. The molecule has 4 heteroatoms. The Bertz CT molecular complexity index is 335. The molecule has 1 atom stereocenters. The third-order valence-electron chi connectivity index (χ3n) is 2.42. The summed E-state index contributed by atoms with van der Waals surface area (Å²) in [5.41, 5.74) is 1.46.